The van der Waals surface area contributed by atoms with Crippen LogP contribution in [-0.4, -0.2) is 15.1 Å². The molecule has 7 rings (SSSR count). The third-order valence-electron chi connectivity index (χ3n) is 10.6. The topological polar surface area (TPSA) is 46.0 Å². The average molecular weight is 749 g/mol. The summed E-state index contributed by atoms with van der Waals surface area (Å²) in [6.07, 6.45) is 3.68. The molecular weight excluding hydrogens is 693 g/mol. The zero-order valence-electron chi connectivity index (χ0n) is 35.1. The maximum absolute atomic E-state index is 12.0. The van der Waals surface area contributed by atoms with Crippen molar-refractivity contribution in [2.45, 2.75) is 86.0 Å². The normalized spacial score (nSPS) is 12.2. The molecule has 3 nitrogen and oxygen atoms in total. The molecule has 7 aromatic rings. The number of rotatable bonds is 8. The van der Waals surface area contributed by atoms with E-state index in [0.717, 1.165) is 74.4 Å². The number of hydrogen-bond donors (Lipinski definition) is 1. The first-order chi connectivity index (χ1) is 27.0. The fourth-order valence-electron chi connectivity index (χ4n) is 7.56. The molecule has 0 saturated carbocycles. The van der Waals surface area contributed by atoms with Crippen LogP contribution in [0.4, 0.5) is 0 Å². The van der Waals surface area contributed by atoms with Gasteiger partial charge in [0, 0.05) is 28.5 Å². The van der Waals surface area contributed by atoms with Gasteiger partial charge in [-0.05, 0) is 122 Å². The Bertz CT molecular complexity index is 2490. The minimum Gasteiger partial charge on any atom is -0.507 e. The highest BCUT2D eigenvalue weighted by molar-refractivity contribution is 5.82. The molecule has 0 radical (unpaired) electrons. The van der Waals surface area contributed by atoms with Crippen molar-refractivity contribution in [2.24, 2.45) is 5.41 Å². The van der Waals surface area contributed by atoms with Crippen molar-refractivity contribution >= 4 is 0 Å². The molecule has 288 valence electrons. The van der Waals surface area contributed by atoms with Gasteiger partial charge in [0.1, 0.15) is 5.75 Å². The molecular formula is C54H56N2O. The Morgan fingerprint density at radius 3 is 1.67 bits per heavy atom. The monoisotopic (exact) mass is 748 g/mol. The van der Waals surface area contributed by atoms with Crippen LogP contribution in [0.15, 0.2) is 146 Å². The van der Waals surface area contributed by atoms with Crippen molar-refractivity contribution in [2.75, 3.05) is 0 Å². The van der Waals surface area contributed by atoms with Gasteiger partial charge in [0.05, 0.1) is 17.1 Å². The second-order valence-electron chi connectivity index (χ2n) is 18.9. The Morgan fingerprint density at radius 1 is 0.456 bits per heavy atom. The third kappa shape index (κ3) is 9.43. The van der Waals surface area contributed by atoms with Crippen molar-refractivity contribution < 1.29 is 5.11 Å². The third-order valence-corrected chi connectivity index (χ3v) is 10.6. The van der Waals surface area contributed by atoms with Crippen LogP contribution in [-0.2, 0) is 23.7 Å². The molecule has 3 heteroatoms. The Kier molecular flexibility index (Phi) is 10.8. The van der Waals surface area contributed by atoms with E-state index in [0.29, 0.717) is 5.75 Å². The Labute approximate surface area is 340 Å². The largest absolute Gasteiger partial charge is 0.507 e. The number of benzene rings is 5. The van der Waals surface area contributed by atoms with Crippen LogP contribution in [0.2, 0.25) is 0 Å². The average Bonchev–Trinajstić information content (AvgIpc) is 3.17. The minimum absolute atomic E-state index is 0.0446. The van der Waals surface area contributed by atoms with Gasteiger partial charge in [-0.1, -0.05) is 153 Å². The summed E-state index contributed by atoms with van der Waals surface area (Å²) in [5.41, 5.74) is 15.4. The van der Waals surface area contributed by atoms with Gasteiger partial charge >= 0.3 is 0 Å². The Balaban J connectivity index is 1.37. The first-order valence-electron chi connectivity index (χ1n) is 20.2. The maximum Gasteiger partial charge on any atom is 0.128 e. The van der Waals surface area contributed by atoms with E-state index in [9.17, 15) is 5.11 Å². The van der Waals surface area contributed by atoms with E-state index in [4.69, 9.17) is 9.97 Å². The minimum atomic E-state index is -0.253. The molecule has 0 aliphatic rings. The van der Waals surface area contributed by atoms with Gasteiger partial charge in [0.25, 0.3) is 0 Å². The highest BCUT2D eigenvalue weighted by atomic mass is 16.3. The molecule has 2 aromatic heterocycles. The summed E-state index contributed by atoms with van der Waals surface area (Å²) in [6, 6.07) is 49.7. The van der Waals surface area contributed by atoms with Crippen LogP contribution in [0.5, 0.6) is 5.75 Å². The summed E-state index contributed by atoms with van der Waals surface area (Å²) in [5.74, 6) is 0.301. The molecule has 57 heavy (non-hydrogen) atoms. The van der Waals surface area contributed by atoms with Gasteiger partial charge in [-0.25, -0.2) is 4.98 Å². The van der Waals surface area contributed by atoms with Crippen LogP contribution < -0.4 is 0 Å². The molecule has 0 amide bonds. The summed E-state index contributed by atoms with van der Waals surface area (Å²) in [5, 5.41) is 12.0. The van der Waals surface area contributed by atoms with Gasteiger partial charge in [-0.2, -0.15) is 0 Å². The number of phenolic OH excluding ortho intramolecular Hbond substituents is 1. The van der Waals surface area contributed by atoms with E-state index < -0.39 is 0 Å². The van der Waals surface area contributed by atoms with Crippen LogP contribution in [0, 0.1) is 5.41 Å². The second-order valence-corrected chi connectivity index (χ2v) is 18.9. The zero-order valence-corrected chi connectivity index (χ0v) is 35.1. The summed E-state index contributed by atoms with van der Waals surface area (Å²) >= 11 is 0. The number of aromatic hydroxyl groups is 1. The van der Waals surface area contributed by atoms with Crippen LogP contribution in [0.1, 0.15) is 90.1 Å². The molecule has 2 heterocycles. The van der Waals surface area contributed by atoms with E-state index in [-0.39, 0.29) is 16.2 Å². The van der Waals surface area contributed by atoms with E-state index >= 15 is 0 Å². The predicted molar refractivity (Wildman–Crippen MR) is 241 cm³/mol. The lowest BCUT2D eigenvalue weighted by Gasteiger charge is -2.28. The lowest BCUT2D eigenvalue weighted by Crippen LogP contribution is -2.17. The number of aromatic nitrogens is 2. The maximum atomic E-state index is 12.0. The van der Waals surface area contributed by atoms with Crippen LogP contribution in [0.3, 0.4) is 0 Å². The van der Waals surface area contributed by atoms with Crippen LogP contribution >= 0.6 is 0 Å². The standard InChI is InChI=1S/C54H56N2O/c1-52(2,3)35-38-27-49(56-50(28-38)46-33-45(53(4,5)6)34-47(51(46)57)54(7,8)9)44-30-42(39-18-14-11-15-19-39)29-43(31-44)48-32-41(24-25-55-48)40-22-20-37(21-23-40)26-36-16-12-10-13-17-36/h10-25,27-34,57H,26,35H2,1-9H3. The summed E-state index contributed by atoms with van der Waals surface area (Å²) in [7, 11) is 0. The smallest absolute Gasteiger partial charge is 0.128 e. The van der Waals surface area contributed by atoms with Gasteiger partial charge in [0.2, 0.25) is 0 Å². The van der Waals surface area contributed by atoms with Crippen molar-refractivity contribution in [1.82, 2.24) is 9.97 Å². The number of nitrogens with zero attached hydrogens (tertiary/aromatic N) is 2. The molecule has 0 aliphatic heterocycles. The second kappa shape index (κ2) is 15.6. The van der Waals surface area contributed by atoms with E-state index in [1.807, 2.05) is 6.20 Å². The SMILES string of the molecule is CC(C)(C)Cc1cc(-c2cc(-c3ccccc3)cc(-c3cc(-c4ccc(Cc5ccccc5)cc4)ccn3)c2)nc(-c2cc(C(C)(C)C)cc(C(C)(C)C)c2O)c1. The van der Waals surface area contributed by atoms with Crippen molar-refractivity contribution in [3.05, 3.63) is 174 Å². The van der Waals surface area contributed by atoms with Gasteiger partial charge in [-0.3, -0.25) is 4.98 Å². The van der Waals surface area contributed by atoms with Crippen molar-refractivity contribution in [1.29, 1.82) is 0 Å². The lowest BCUT2D eigenvalue weighted by molar-refractivity contribution is 0.411. The number of hydrogen-bond acceptors (Lipinski definition) is 3. The fraction of sp³-hybridized carbons (Fsp3) is 0.259. The van der Waals surface area contributed by atoms with E-state index in [1.165, 1.54) is 22.3 Å². The summed E-state index contributed by atoms with van der Waals surface area (Å²) in [6.45, 7) is 20.0. The molecule has 0 bridgehead atoms. The first kappa shape index (κ1) is 39.4. The Hall–Kier alpha value is -5.80. The van der Waals surface area contributed by atoms with Crippen molar-refractivity contribution in [3.63, 3.8) is 0 Å². The molecule has 1 N–H and O–H groups in total. The molecule has 0 atom stereocenters. The van der Waals surface area contributed by atoms with Gasteiger partial charge in [-0.15, -0.1) is 0 Å². The summed E-state index contributed by atoms with van der Waals surface area (Å²) < 4.78 is 0. The highest BCUT2D eigenvalue weighted by Gasteiger charge is 2.27. The fourth-order valence-corrected chi connectivity index (χ4v) is 7.56. The molecule has 0 unspecified atom stereocenters. The van der Waals surface area contributed by atoms with Gasteiger partial charge < -0.3 is 5.11 Å². The Morgan fingerprint density at radius 2 is 1.04 bits per heavy atom. The summed E-state index contributed by atoms with van der Waals surface area (Å²) in [4.78, 5) is 10.3. The molecule has 0 fully saturated rings. The number of phenols is 1. The number of pyridine rings is 2. The molecule has 0 saturated heterocycles. The quantitative estimate of drug-likeness (QED) is 0.168. The van der Waals surface area contributed by atoms with E-state index in [2.05, 4.69) is 202 Å². The van der Waals surface area contributed by atoms with Crippen LogP contribution in [0.25, 0.3) is 56.0 Å². The van der Waals surface area contributed by atoms with E-state index in [1.54, 1.807) is 0 Å². The molecule has 0 spiro atoms. The molecule has 5 aromatic carbocycles. The predicted octanol–water partition coefficient (Wildman–Crippen LogP) is 14.3. The first-order valence-corrected chi connectivity index (χ1v) is 20.2. The molecule has 0 aliphatic carbocycles. The lowest BCUT2D eigenvalue weighted by atomic mass is 9.78. The van der Waals surface area contributed by atoms with Gasteiger partial charge in [0.15, 0.2) is 0 Å². The highest BCUT2D eigenvalue weighted by Crippen LogP contribution is 2.43. The van der Waals surface area contributed by atoms with Crippen molar-refractivity contribution in [3.8, 4) is 61.8 Å². The zero-order chi connectivity index (χ0) is 40.5.